The molecular weight excluding hydrogens is 442 g/mol. The van der Waals surface area contributed by atoms with E-state index in [-0.39, 0.29) is 18.1 Å². The first-order valence-electron chi connectivity index (χ1n) is 10.4. The minimum absolute atomic E-state index is 0.122. The number of benzene rings is 2. The lowest BCUT2D eigenvalue weighted by molar-refractivity contribution is -0.127. The van der Waals surface area contributed by atoms with Crippen molar-refractivity contribution in [2.24, 2.45) is 0 Å². The summed E-state index contributed by atoms with van der Waals surface area (Å²) in [6, 6.07) is 14.3. The third kappa shape index (κ3) is 6.14. The molecule has 170 valence electrons. The monoisotopic (exact) mass is 465 g/mol. The molecule has 1 aliphatic heterocycles. The summed E-state index contributed by atoms with van der Waals surface area (Å²) in [7, 11) is 0. The van der Waals surface area contributed by atoms with Gasteiger partial charge in [0.05, 0.1) is 11.5 Å². The number of thioether (sulfide) groups is 1. The third-order valence-electron chi connectivity index (χ3n) is 4.68. The first-order chi connectivity index (χ1) is 15.9. The van der Waals surface area contributed by atoms with Gasteiger partial charge in [0.15, 0.2) is 18.1 Å². The molecule has 1 heterocycles. The van der Waals surface area contributed by atoms with Crippen molar-refractivity contribution in [3.05, 3.63) is 58.5 Å². The lowest BCUT2D eigenvalue weighted by Crippen LogP contribution is -2.36. The van der Waals surface area contributed by atoms with Crippen LogP contribution in [-0.4, -0.2) is 41.7 Å². The zero-order valence-electron chi connectivity index (χ0n) is 18.3. The van der Waals surface area contributed by atoms with Crippen molar-refractivity contribution in [1.29, 1.82) is 5.26 Å². The van der Waals surface area contributed by atoms with Crippen LogP contribution in [0.1, 0.15) is 25.0 Å². The molecule has 0 saturated carbocycles. The molecule has 0 unspecified atom stereocenters. The molecule has 0 aromatic heterocycles. The number of rotatable bonds is 9. The summed E-state index contributed by atoms with van der Waals surface area (Å²) in [4.78, 5) is 38.6. The summed E-state index contributed by atoms with van der Waals surface area (Å²) in [5.74, 6) is -0.161. The molecule has 3 rings (SSSR count). The molecular formula is C24H23N3O5S. The van der Waals surface area contributed by atoms with Crippen LogP contribution >= 0.6 is 11.8 Å². The van der Waals surface area contributed by atoms with Crippen LogP contribution in [-0.2, 0) is 16.0 Å². The van der Waals surface area contributed by atoms with Crippen LogP contribution in [0, 0.1) is 11.3 Å². The molecule has 2 aromatic carbocycles. The second kappa shape index (κ2) is 11.2. The van der Waals surface area contributed by atoms with E-state index in [0.29, 0.717) is 29.4 Å². The third-order valence-corrected chi connectivity index (χ3v) is 5.59. The molecule has 0 bridgehead atoms. The number of nitrogens with one attached hydrogen (secondary N) is 1. The average molecular weight is 466 g/mol. The van der Waals surface area contributed by atoms with E-state index in [2.05, 4.69) is 5.32 Å². The number of hydrogen-bond acceptors (Lipinski definition) is 7. The van der Waals surface area contributed by atoms with E-state index >= 15 is 0 Å². The summed E-state index contributed by atoms with van der Waals surface area (Å²) >= 11 is 0.771. The Morgan fingerprint density at radius 2 is 1.88 bits per heavy atom. The summed E-state index contributed by atoms with van der Waals surface area (Å²) in [6.07, 6.45) is 2.45. The van der Waals surface area contributed by atoms with Crippen molar-refractivity contribution in [2.45, 2.75) is 20.3 Å². The highest BCUT2D eigenvalue weighted by atomic mass is 32.2. The smallest absolute Gasteiger partial charge is 0.294 e. The molecule has 8 nitrogen and oxygen atoms in total. The number of hydrogen-bond donors (Lipinski definition) is 1. The fourth-order valence-corrected chi connectivity index (χ4v) is 3.91. The molecule has 1 fully saturated rings. The second-order valence-corrected chi connectivity index (χ2v) is 7.95. The van der Waals surface area contributed by atoms with E-state index in [1.165, 1.54) is 0 Å². The molecule has 9 heteroatoms. The Morgan fingerprint density at radius 3 is 2.55 bits per heavy atom. The first-order valence-corrected chi connectivity index (χ1v) is 11.2. The van der Waals surface area contributed by atoms with Gasteiger partial charge in [-0.05, 0) is 66.6 Å². The van der Waals surface area contributed by atoms with Gasteiger partial charge in [-0.1, -0.05) is 25.1 Å². The van der Waals surface area contributed by atoms with Gasteiger partial charge in [0.2, 0.25) is 5.91 Å². The predicted molar refractivity (Wildman–Crippen MR) is 126 cm³/mol. The normalized spacial score (nSPS) is 14.3. The Balaban J connectivity index is 1.70. The van der Waals surface area contributed by atoms with Gasteiger partial charge < -0.3 is 14.8 Å². The maximum atomic E-state index is 12.8. The molecule has 1 saturated heterocycles. The number of carbonyl (C=O) groups excluding carboxylic acids is 3. The van der Waals surface area contributed by atoms with E-state index in [1.54, 1.807) is 36.4 Å². The fourth-order valence-electron chi connectivity index (χ4n) is 3.07. The zero-order valence-corrected chi connectivity index (χ0v) is 19.1. The van der Waals surface area contributed by atoms with Gasteiger partial charge >= 0.3 is 0 Å². The fraction of sp³-hybridized carbons (Fsp3) is 0.250. The highest BCUT2D eigenvalue weighted by Gasteiger charge is 2.36. The highest BCUT2D eigenvalue weighted by Crippen LogP contribution is 2.34. The quantitative estimate of drug-likeness (QED) is 0.552. The molecule has 33 heavy (non-hydrogen) atoms. The number of amides is 3. The van der Waals surface area contributed by atoms with Gasteiger partial charge in [0, 0.05) is 5.69 Å². The van der Waals surface area contributed by atoms with Crippen molar-refractivity contribution < 1.29 is 23.9 Å². The van der Waals surface area contributed by atoms with Gasteiger partial charge in [-0.3, -0.25) is 19.3 Å². The van der Waals surface area contributed by atoms with Crippen LogP contribution < -0.4 is 14.8 Å². The van der Waals surface area contributed by atoms with Gasteiger partial charge in [0.25, 0.3) is 11.1 Å². The van der Waals surface area contributed by atoms with Crippen LogP contribution in [0.5, 0.6) is 11.5 Å². The van der Waals surface area contributed by atoms with E-state index in [4.69, 9.17) is 14.7 Å². The Hall–Kier alpha value is -3.77. The molecule has 0 radical (unpaired) electrons. The summed E-state index contributed by atoms with van der Waals surface area (Å²) in [5, 5.41) is 10.9. The molecule has 0 spiro atoms. The number of ether oxygens (including phenoxy) is 2. The maximum absolute atomic E-state index is 12.8. The van der Waals surface area contributed by atoms with Gasteiger partial charge in [-0.15, -0.1) is 0 Å². The predicted octanol–water partition coefficient (Wildman–Crippen LogP) is 4.23. The van der Waals surface area contributed by atoms with Crippen molar-refractivity contribution in [3.8, 4) is 17.6 Å². The Kier molecular flexibility index (Phi) is 8.11. The van der Waals surface area contributed by atoms with Crippen LogP contribution in [0.15, 0.2) is 47.4 Å². The van der Waals surface area contributed by atoms with E-state index in [0.717, 1.165) is 28.6 Å². The largest absolute Gasteiger partial charge is 0.490 e. The number of nitrogens with zero attached hydrogens (tertiary/aromatic N) is 2. The van der Waals surface area contributed by atoms with Crippen molar-refractivity contribution in [1.82, 2.24) is 4.90 Å². The molecule has 0 atom stereocenters. The van der Waals surface area contributed by atoms with Crippen LogP contribution in [0.25, 0.3) is 6.08 Å². The van der Waals surface area contributed by atoms with Crippen LogP contribution in [0.4, 0.5) is 10.5 Å². The lowest BCUT2D eigenvalue weighted by atomic mass is 10.1. The summed E-state index contributed by atoms with van der Waals surface area (Å²) < 4.78 is 10.9. The van der Waals surface area contributed by atoms with Crippen LogP contribution in [0.2, 0.25) is 0 Å². The van der Waals surface area contributed by atoms with E-state index in [1.807, 2.05) is 32.0 Å². The first kappa shape index (κ1) is 23.9. The number of carbonyl (C=O) groups is 3. The van der Waals surface area contributed by atoms with Crippen molar-refractivity contribution in [3.63, 3.8) is 0 Å². The standard InChI is InChI=1S/C24H23N3O5S/c1-3-16-5-8-18(9-6-16)26-22(28)15-27-23(29)21(33-24(27)30)14-17-7-10-19(32-12-11-25)20(13-17)31-4-2/h5-10,13-14H,3-4,12,15H2,1-2H3,(H,26,28)/b21-14-. The van der Waals surface area contributed by atoms with Gasteiger partial charge in [-0.2, -0.15) is 5.26 Å². The minimum Gasteiger partial charge on any atom is -0.490 e. The minimum atomic E-state index is -0.538. The molecule has 1 aliphatic rings. The van der Waals surface area contributed by atoms with E-state index < -0.39 is 17.1 Å². The Bertz CT molecular complexity index is 1120. The number of anilines is 1. The Morgan fingerprint density at radius 1 is 1.12 bits per heavy atom. The average Bonchev–Trinajstić information content (AvgIpc) is 3.06. The van der Waals surface area contributed by atoms with Crippen molar-refractivity contribution in [2.75, 3.05) is 25.1 Å². The SMILES string of the molecule is CCOc1cc(/C=C2\SC(=O)N(CC(=O)Nc3ccc(CC)cc3)C2=O)ccc1OCC#N. The summed E-state index contributed by atoms with van der Waals surface area (Å²) in [6.45, 7) is 3.75. The number of nitriles is 1. The number of imide groups is 1. The lowest BCUT2D eigenvalue weighted by Gasteiger charge is -2.13. The maximum Gasteiger partial charge on any atom is 0.294 e. The second-order valence-electron chi connectivity index (χ2n) is 6.95. The topological polar surface area (TPSA) is 109 Å². The van der Waals surface area contributed by atoms with Crippen molar-refractivity contribution >= 4 is 40.6 Å². The molecule has 3 amide bonds. The van der Waals surface area contributed by atoms with Crippen LogP contribution in [0.3, 0.4) is 0 Å². The summed E-state index contributed by atoms with van der Waals surface area (Å²) in [5.41, 5.74) is 2.36. The molecule has 1 N–H and O–H groups in total. The molecule has 0 aliphatic carbocycles. The highest BCUT2D eigenvalue weighted by molar-refractivity contribution is 8.18. The molecule has 2 aromatic rings. The zero-order chi connectivity index (χ0) is 23.8. The van der Waals surface area contributed by atoms with Gasteiger partial charge in [-0.25, -0.2) is 0 Å². The Labute approximate surface area is 196 Å². The van der Waals surface area contributed by atoms with Gasteiger partial charge in [0.1, 0.15) is 12.6 Å². The number of aryl methyl sites for hydroxylation is 1. The van der Waals surface area contributed by atoms with E-state index in [9.17, 15) is 14.4 Å².